The summed E-state index contributed by atoms with van der Waals surface area (Å²) in [5, 5.41) is 15.3. The third kappa shape index (κ3) is 6.30. The van der Waals surface area contributed by atoms with Crippen LogP contribution in [0.25, 0.3) is 0 Å². The molecule has 27 heavy (non-hydrogen) atoms. The molecule has 144 valence electrons. The van der Waals surface area contributed by atoms with Crippen molar-refractivity contribution < 1.29 is 19.4 Å². The minimum Gasteiger partial charge on any atom is -0.495 e. The molecule has 0 aliphatic rings. The summed E-state index contributed by atoms with van der Waals surface area (Å²) in [6, 6.07) is 14.4. The van der Waals surface area contributed by atoms with Crippen molar-refractivity contribution >= 4 is 35.0 Å². The standard InChI is InChI=1S/C20H24N2O4S/c1-13(27-12-18(24)15-7-5-4-6-8-15)20(25)22-17-11-16(21-14(2)23)9-10-19(17)26-3/h4-11,13,18,24H,12H2,1-3H3,(H,21,23)(H,22,25). The number of anilines is 2. The minimum atomic E-state index is -0.635. The summed E-state index contributed by atoms with van der Waals surface area (Å²) in [4.78, 5) is 23.7. The van der Waals surface area contributed by atoms with E-state index >= 15 is 0 Å². The second-order valence-electron chi connectivity index (χ2n) is 5.99. The molecular formula is C20H24N2O4S. The van der Waals surface area contributed by atoms with Gasteiger partial charge in [-0.2, -0.15) is 0 Å². The number of carbonyl (C=O) groups excluding carboxylic acids is 2. The molecule has 3 N–H and O–H groups in total. The number of amides is 2. The molecule has 0 saturated heterocycles. The molecule has 2 unspecified atom stereocenters. The molecule has 2 rings (SSSR count). The van der Waals surface area contributed by atoms with Gasteiger partial charge >= 0.3 is 0 Å². The number of aliphatic hydroxyl groups excluding tert-OH is 1. The molecule has 2 atom stereocenters. The second-order valence-corrected chi connectivity index (χ2v) is 7.36. The maximum Gasteiger partial charge on any atom is 0.237 e. The number of hydrogen-bond acceptors (Lipinski definition) is 5. The summed E-state index contributed by atoms with van der Waals surface area (Å²) in [7, 11) is 1.51. The molecule has 0 fully saturated rings. The Balaban J connectivity index is 1.98. The molecule has 0 spiro atoms. The van der Waals surface area contributed by atoms with E-state index < -0.39 is 6.10 Å². The average molecular weight is 388 g/mol. The Morgan fingerprint density at radius 2 is 1.85 bits per heavy atom. The highest BCUT2D eigenvalue weighted by molar-refractivity contribution is 8.00. The predicted molar refractivity (Wildman–Crippen MR) is 109 cm³/mol. The summed E-state index contributed by atoms with van der Waals surface area (Å²) in [6.45, 7) is 3.20. The third-order valence-electron chi connectivity index (χ3n) is 3.84. The largest absolute Gasteiger partial charge is 0.495 e. The Morgan fingerprint density at radius 3 is 2.48 bits per heavy atom. The number of carbonyl (C=O) groups is 2. The van der Waals surface area contributed by atoms with Gasteiger partial charge in [-0.25, -0.2) is 0 Å². The Hall–Kier alpha value is -2.51. The van der Waals surface area contributed by atoms with Crippen molar-refractivity contribution in [3.8, 4) is 5.75 Å². The lowest BCUT2D eigenvalue weighted by Gasteiger charge is -2.17. The van der Waals surface area contributed by atoms with Crippen molar-refractivity contribution in [3.63, 3.8) is 0 Å². The smallest absolute Gasteiger partial charge is 0.237 e. The van der Waals surface area contributed by atoms with E-state index in [1.54, 1.807) is 25.1 Å². The first-order chi connectivity index (χ1) is 12.9. The molecule has 2 aromatic rings. The van der Waals surface area contributed by atoms with Crippen LogP contribution < -0.4 is 15.4 Å². The van der Waals surface area contributed by atoms with Gasteiger partial charge in [-0.15, -0.1) is 11.8 Å². The van der Waals surface area contributed by atoms with Crippen LogP contribution in [0.3, 0.4) is 0 Å². The minimum absolute atomic E-state index is 0.198. The quantitative estimate of drug-likeness (QED) is 0.645. The van der Waals surface area contributed by atoms with Gasteiger partial charge in [-0.1, -0.05) is 30.3 Å². The number of thioether (sulfide) groups is 1. The lowest BCUT2D eigenvalue weighted by atomic mass is 10.1. The van der Waals surface area contributed by atoms with Gasteiger partial charge in [0.15, 0.2) is 0 Å². The number of ether oxygens (including phenoxy) is 1. The van der Waals surface area contributed by atoms with Crippen LogP contribution in [-0.2, 0) is 9.59 Å². The Bertz CT molecular complexity index is 783. The van der Waals surface area contributed by atoms with Crippen LogP contribution in [0.5, 0.6) is 5.75 Å². The maximum absolute atomic E-state index is 12.5. The lowest BCUT2D eigenvalue weighted by molar-refractivity contribution is -0.115. The van der Waals surface area contributed by atoms with Gasteiger partial charge in [-0.3, -0.25) is 9.59 Å². The van der Waals surface area contributed by atoms with E-state index in [1.807, 2.05) is 30.3 Å². The van der Waals surface area contributed by atoms with Crippen molar-refractivity contribution in [2.24, 2.45) is 0 Å². The molecule has 0 bridgehead atoms. The van der Waals surface area contributed by atoms with Crippen LogP contribution in [0.15, 0.2) is 48.5 Å². The van der Waals surface area contributed by atoms with Crippen molar-refractivity contribution in [3.05, 3.63) is 54.1 Å². The van der Waals surface area contributed by atoms with Gasteiger partial charge < -0.3 is 20.5 Å². The molecular weight excluding hydrogens is 364 g/mol. The van der Waals surface area contributed by atoms with E-state index in [0.29, 0.717) is 22.9 Å². The highest BCUT2D eigenvalue weighted by atomic mass is 32.2. The molecule has 0 heterocycles. The van der Waals surface area contributed by atoms with Crippen LogP contribution in [-0.4, -0.2) is 35.0 Å². The molecule has 7 heteroatoms. The number of aliphatic hydroxyl groups is 1. The predicted octanol–water partition coefficient (Wildman–Crippen LogP) is 3.45. The van der Waals surface area contributed by atoms with Crippen LogP contribution in [0.4, 0.5) is 11.4 Å². The van der Waals surface area contributed by atoms with E-state index in [1.165, 1.54) is 25.8 Å². The molecule has 0 saturated carbocycles. The first-order valence-electron chi connectivity index (χ1n) is 8.51. The second kappa shape index (κ2) is 9.99. The number of benzene rings is 2. The summed E-state index contributed by atoms with van der Waals surface area (Å²) < 4.78 is 5.27. The summed E-state index contributed by atoms with van der Waals surface area (Å²) >= 11 is 1.36. The molecule has 6 nitrogen and oxygen atoms in total. The van der Waals surface area contributed by atoms with Gasteiger partial charge in [-0.05, 0) is 30.7 Å². The van der Waals surface area contributed by atoms with Gasteiger partial charge in [0.2, 0.25) is 11.8 Å². The van der Waals surface area contributed by atoms with Crippen LogP contribution in [0, 0.1) is 0 Å². The zero-order valence-corrected chi connectivity index (χ0v) is 16.4. The number of rotatable bonds is 8. The first-order valence-corrected chi connectivity index (χ1v) is 9.56. The fourth-order valence-electron chi connectivity index (χ4n) is 2.40. The van der Waals surface area contributed by atoms with Crippen molar-refractivity contribution in [2.75, 3.05) is 23.5 Å². The summed E-state index contributed by atoms with van der Waals surface area (Å²) in [5.74, 6) is 0.496. The molecule has 0 aliphatic carbocycles. The van der Waals surface area contributed by atoms with Crippen molar-refractivity contribution in [2.45, 2.75) is 25.2 Å². The van der Waals surface area contributed by atoms with Crippen molar-refractivity contribution in [1.29, 1.82) is 0 Å². The summed E-state index contributed by atoms with van der Waals surface area (Å²) in [5.41, 5.74) is 1.87. The van der Waals surface area contributed by atoms with E-state index in [-0.39, 0.29) is 17.1 Å². The molecule has 0 aromatic heterocycles. The van der Waals surface area contributed by atoms with E-state index in [0.717, 1.165) is 5.56 Å². The number of methoxy groups -OCH3 is 1. The molecule has 0 aliphatic heterocycles. The number of nitrogens with one attached hydrogen (secondary N) is 2. The molecule has 2 amide bonds. The zero-order chi connectivity index (χ0) is 19.8. The van der Waals surface area contributed by atoms with E-state index in [4.69, 9.17) is 4.74 Å². The molecule has 2 aromatic carbocycles. The van der Waals surface area contributed by atoms with E-state index in [2.05, 4.69) is 10.6 Å². The first kappa shape index (κ1) is 20.8. The topological polar surface area (TPSA) is 87.7 Å². The van der Waals surface area contributed by atoms with Crippen LogP contribution >= 0.6 is 11.8 Å². The lowest BCUT2D eigenvalue weighted by Crippen LogP contribution is -2.24. The van der Waals surface area contributed by atoms with Crippen LogP contribution in [0.1, 0.15) is 25.5 Å². The van der Waals surface area contributed by atoms with E-state index in [9.17, 15) is 14.7 Å². The Labute approximate surface area is 163 Å². The Kier molecular flexibility index (Phi) is 7.69. The maximum atomic E-state index is 12.5. The SMILES string of the molecule is COc1ccc(NC(C)=O)cc1NC(=O)C(C)SCC(O)c1ccccc1. The highest BCUT2D eigenvalue weighted by Crippen LogP contribution is 2.29. The van der Waals surface area contributed by atoms with Crippen molar-refractivity contribution in [1.82, 2.24) is 0 Å². The average Bonchev–Trinajstić information content (AvgIpc) is 2.66. The van der Waals surface area contributed by atoms with Gasteiger partial charge in [0.1, 0.15) is 5.75 Å². The Morgan fingerprint density at radius 1 is 1.15 bits per heavy atom. The fourth-order valence-corrected chi connectivity index (χ4v) is 3.28. The van der Waals surface area contributed by atoms with Gasteiger partial charge in [0, 0.05) is 18.4 Å². The van der Waals surface area contributed by atoms with Crippen LogP contribution in [0.2, 0.25) is 0 Å². The third-order valence-corrected chi connectivity index (χ3v) is 5.06. The number of hydrogen-bond donors (Lipinski definition) is 3. The normalized spacial score (nSPS) is 12.7. The monoisotopic (exact) mass is 388 g/mol. The highest BCUT2D eigenvalue weighted by Gasteiger charge is 2.18. The van der Waals surface area contributed by atoms with Gasteiger partial charge in [0.05, 0.1) is 24.2 Å². The zero-order valence-electron chi connectivity index (χ0n) is 15.6. The van der Waals surface area contributed by atoms with Gasteiger partial charge in [0.25, 0.3) is 0 Å². The fraction of sp³-hybridized carbons (Fsp3) is 0.300. The summed E-state index contributed by atoms with van der Waals surface area (Å²) in [6.07, 6.45) is -0.635. The molecule has 0 radical (unpaired) electrons.